The third-order valence-electron chi connectivity index (χ3n) is 4.26. The van der Waals surface area contributed by atoms with E-state index in [2.05, 4.69) is 9.98 Å². The third-order valence-corrected chi connectivity index (χ3v) is 4.26. The summed E-state index contributed by atoms with van der Waals surface area (Å²) in [6.45, 7) is 0. The summed E-state index contributed by atoms with van der Waals surface area (Å²) >= 11 is 0. The number of nitrogens with zero attached hydrogens (tertiary/aromatic N) is 2. The molecule has 0 saturated heterocycles. The van der Waals surface area contributed by atoms with Gasteiger partial charge in [0.1, 0.15) is 0 Å². The van der Waals surface area contributed by atoms with E-state index in [0.717, 1.165) is 25.7 Å². The molecule has 2 fully saturated rings. The maximum Gasteiger partial charge on any atom is 0.235 e. The fourth-order valence-corrected chi connectivity index (χ4v) is 3.26. The topological polar surface area (TPSA) is 58.9 Å². The van der Waals surface area contributed by atoms with Gasteiger partial charge < -0.3 is 0 Å². The highest BCUT2D eigenvalue weighted by molar-refractivity contribution is 5.34. The first-order valence-electron chi connectivity index (χ1n) is 8.18. The molecule has 2 aliphatic carbocycles. The van der Waals surface area contributed by atoms with Crippen LogP contribution in [0.3, 0.4) is 0 Å². The molecule has 4 unspecified atom stereocenters. The first-order valence-corrected chi connectivity index (χ1v) is 7.18. The summed E-state index contributed by atoms with van der Waals surface area (Å²) < 4.78 is 17.5. The maximum atomic E-state index is 10.6. The monoisotopic (exact) mass is 264 g/mol. The molecule has 0 radical (unpaired) electrons. The van der Waals surface area contributed by atoms with Crippen molar-refractivity contribution in [3.8, 4) is 0 Å². The van der Waals surface area contributed by atoms with Crippen molar-refractivity contribution in [3.63, 3.8) is 0 Å². The zero-order valence-electron chi connectivity index (χ0n) is 13.2. The summed E-state index contributed by atoms with van der Waals surface area (Å²) in [5.74, 6) is -1.82. The molecule has 0 heterocycles. The average Bonchev–Trinajstić information content (AvgIpc) is 2.44. The van der Waals surface area contributed by atoms with Gasteiger partial charge in [-0.05, 0) is 43.9 Å². The van der Waals surface area contributed by atoms with Crippen LogP contribution in [0.5, 0.6) is 0 Å². The van der Waals surface area contributed by atoms with E-state index in [1.807, 2.05) is 0 Å². The van der Waals surface area contributed by atoms with Gasteiger partial charge in [-0.15, -0.1) is 0 Å². The maximum absolute atomic E-state index is 10.6. The minimum absolute atomic E-state index is 0.311. The lowest BCUT2D eigenvalue weighted by molar-refractivity contribution is 0.203. The molecule has 0 N–H and O–H groups in total. The fraction of sp³-hybridized carbons (Fsp3) is 0.867. The largest absolute Gasteiger partial charge is 0.235 e. The molecule has 2 saturated carbocycles. The van der Waals surface area contributed by atoms with Crippen LogP contribution in [-0.2, 0) is 9.59 Å². The van der Waals surface area contributed by atoms with Crippen molar-refractivity contribution in [2.24, 2.45) is 21.8 Å². The van der Waals surface area contributed by atoms with Crippen LogP contribution in [0.15, 0.2) is 9.98 Å². The predicted octanol–water partition coefficient (Wildman–Crippen LogP) is 3.17. The van der Waals surface area contributed by atoms with Crippen molar-refractivity contribution >= 4 is 12.2 Å². The summed E-state index contributed by atoms with van der Waals surface area (Å²) in [4.78, 5) is 28.9. The zero-order chi connectivity index (χ0) is 15.3. The average molecular weight is 264 g/mol. The molecular weight excluding hydrogens is 240 g/mol. The molecule has 4 heteroatoms. The molecule has 0 aromatic carbocycles. The van der Waals surface area contributed by atoms with Gasteiger partial charge in [0.25, 0.3) is 0 Å². The summed E-state index contributed by atoms with van der Waals surface area (Å²) in [5, 5.41) is 0. The van der Waals surface area contributed by atoms with E-state index in [9.17, 15) is 9.59 Å². The lowest BCUT2D eigenvalue weighted by atomic mass is 9.74. The van der Waals surface area contributed by atoms with Crippen molar-refractivity contribution in [2.45, 2.75) is 69.9 Å². The SMILES string of the molecule is [2H]C1(CC2([2H])CCCCC2N=C=O)CCCCC1N=C=O. The number of carbonyl (C=O) groups excluding carboxylic acids is 2. The van der Waals surface area contributed by atoms with Gasteiger partial charge in [0, 0.05) is 2.74 Å². The highest BCUT2D eigenvalue weighted by Crippen LogP contribution is 2.37. The minimum Gasteiger partial charge on any atom is -0.211 e. The van der Waals surface area contributed by atoms with E-state index in [1.54, 1.807) is 12.2 Å². The quantitative estimate of drug-likeness (QED) is 0.578. The Morgan fingerprint density at radius 1 is 0.842 bits per heavy atom. The van der Waals surface area contributed by atoms with E-state index < -0.39 is 11.8 Å². The third kappa shape index (κ3) is 3.86. The van der Waals surface area contributed by atoms with Crippen molar-refractivity contribution in [1.82, 2.24) is 0 Å². The molecule has 19 heavy (non-hydrogen) atoms. The fourth-order valence-electron chi connectivity index (χ4n) is 3.26. The van der Waals surface area contributed by atoms with Gasteiger partial charge in [-0.2, -0.15) is 0 Å². The van der Waals surface area contributed by atoms with Gasteiger partial charge >= 0.3 is 0 Å². The number of hydrogen-bond donors (Lipinski definition) is 0. The van der Waals surface area contributed by atoms with Gasteiger partial charge in [-0.25, -0.2) is 19.6 Å². The van der Waals surface area contributed by atoms with Crippen LogP contribution in [0, 0.1) is 11.8 Å². The molecule has 4 nitrogen and oxygen atoms in total. The molecule has 4 atom stereocenters. The molecule has 0 aliphatic heterocycles. The molecule has 0 aromatic rings. The van der Waals surface area contributed by atoms with Crippen LogP contribution < -0.4 is 0 Å². The van der Waals surface area contributed by atoms with Crippen molar-refractivity contribution in [3.05, 3.63) is 0 Å². The number of isocyanates is 2. The van der Waals surface area contributed by atoms with Gasteiger partial charge in [-0.3, -0.25) is 0 Å². The summed E-state index contributed by atoms with van der Waals surface area (Å²) in [6.07, 6.45) is 9.93. The van der Waals surface area contributed by atoms with Crippen LogP contribution in [0.2, 0.25) is 0 Å². The van der Waals surface area contributed by atoms with E-state index in [4.69, 9.17) is 2.74 Å². The Morgan fingerprint density at radius 3 is 1.68 bits per heavy atom. The van der Waals surface area contributed by atoms with E-state index in [0.29, 0.717) is 32.1 Å². The molecule has 0 amide bonds. The second kappa shape index (κ2) is 7.37. The standard InChI is InChI=1S/C15H22N2O2/c18-10-16-14-7-3-1-5-12(14)9-13-6-2-4-8-15(13)17-11-19/h12-15H,1-9H2/i12D,13D. The van der Waals surface area contributed by atoms with Crippen LogP contribution in [-0.4, -0.2) is 24.2 Å². The smallest absolute Gasteiger partial charge is 0.211 e. The van der Waals surface area contributed by atoms with E-state index in [-0.39, 0.29) is 12.1 Å². The minimum atomic E-state index is -0.911. The first kappa shape index (κ1) is 11.6. The van der Waals surface area contributed by atoms with Gasteiger partial charge in [0.15, 0.2) is 0 Å². The van der Waals surface area contributed by atoms with Crippen molar-refractivity contribution < 1.29 is 12.3 Å². The molecule has 2 rings (SSSR count). The van der Waals surface area contributed by atoms with Gasteiger partial charge in [0.2, 0.25) is 12.2 Å². The number of rotatable bonds is 4. The van der Waals surface area contributed by atoms with Crippen molar-refractivity contribution in [2.75, 3.05) is 0 Å². The Morgan fingerprint density at radius 2 is 1.26 bits per heavy atom. The van der Waals surface area contributed by atoms with E-state index >= 15 is 0 Å². The second-order valence-electron chi connectivity index (χ2n) is 5.46. The highest BCUT2D eigenvalue weighted by atomic mass is 16.1. The Hall–Kier alpha value is -1.24. The molecule has 0 spiro atoms. The van der Waals surface area contributed by atoms with Crippen LogP contribution in [0.25, 0.3) is 0 Å². The normalized spacial score (nSPS) is 44.2. The molecular formula is C15H22N2O2. The molecule has 0 bridgehead atoms. The van der Waals surface area contributed by atoms with Crippen molar-refractivity contribution in [1.29, 1.82) is 0 Å². The van der Waals surface area contributed by atoms with Gasteiger partial charge in [-0.1, -0.05) is 25.7 Å². The number of aliphatic imine (C=N–C) groups is 2. The second-order valence-corrected chi connectivity index (χ2v) is 5.46. The molecule has 2 aliphatic rings. The van der Waals surface area contributed by atoms with Gasteiger partial charge in [0.05, 0.1) is 12.1 Å². The lowest BCUT2D eigenvalue weighted by Crippen LogP contribution is -2.31. The summed E-state index contributed by atoms with van der Waals surface area (Å²) in [6, 6.07) is -0.762. The molecule has 0 aromatic heterocycles. The summed E-state index contributed by atoms with van der Waals surface area (Å²) in [7, 11) is 0. The zero-order valence-corrected chi connectivity index (χ0v) is 11.2. The summed E-state index contributed by atoms with van der Waals surface area (Å²) in [5.41, 5.74) is 0. The Kier molecular flexibility index (Phi) is 4.49. The number of hydrogen-bond acceptors (Lipinski definition) is 4. The van der Waals surface area contributed by atoms with Crippen LogP contribution >= 0.6 is 0 Å². The highest BCUT2D eigenvalue weighted by Gasteiger charge is 2.32. The Bertz CT molecular complexity index is 432. The predicted molar refractivity (Wildman–Crippen MR) is 72.4 cm³/mol. The van der Waals surface area contributed by atoms with E-state index in [1.165, 1.54) is 0 Å². The Balaban J connectivity index is 2.22. The van der Waals surface area contributed by atoms with Crippen LogP contribution in [0.4, 0.5) is 0 Å². The first-order chi connectivity index (χ1) is 10.0. The Labute approximate surface area is 117 Å². The van der Waals surface area contributed by atoms with Crippen LogP contribution in [0.1, 0.15) is 60.5 Å². The lowest BCUT2D eigenvalue weighted by Gasteiger charge is -2.34. The molecule has 104 valence electrons.